The van der Waals surface area contributed by atoms with Crippen molar-refractivity contribution in [3.63, 3.8) is 0 Å². The first-order valence-corrected chi connectivity index (χ1v) is 9.57. The number of amides is 1. The number of H-pyrrole nitrogens is 3. The van der Waals surface area contributed by atoms with Gasteiger partial charge in [0.2, 0.25) is 0 Å². The Morgan fingerprint density at radius 3 is 2.52 bits per heavy atom. The third kappa shape index (κ3) is 3.82. The van der Waals surface area contributed by atoms with E-state index in [9.17, 15) is 14.4 Å². The van der Waals surface area contributed by atoms with Gasteiger partial charge in [-0.1, -0.05) is 31.9 Å². The molecule has 4 aromatic rings. The topological polar surface area (TPSA) is 124 Å². The second-order valence-corrected chi connectivity index (χ2v) is 6.98. The number of unbranched alkanes of at least 4 members (excludes halogenated alkanes) is 1. The Morgan fingerprint density at radius 2 is 1.76 bits per heavy atom. The summed E-state index contributed by atoms with van der Waals surface area (Å²) in [6.45, 7) is 2.10. The number of aromatic amines is 3. The van der Waals surface area contributed by atoms with E-state index in [0.717, 1.165) is 30.3 Å². The molecule has 2 heterocycles. The van der Waals surface area contributed by atoms with Gasteiger partial charge < -0.3 is 20.3 Å². The molecule has 0 radical (unpaired) electrons. The molecule has 148 valence electrons. The summed E-state index contributed by atoms with van der Waals surface area (Å²) in [6, 6.07) is 12.2. The van der Waals surface area contributed by atoms with Crippen LogP contribution < -0.4 is 16.4 Å². The van der Waals surface area contributed by atoms with E-state index in [-0.39, 0.29) is 11.9 Å². The summed E-state index contributed by atoms with van der Waals surface area (Å²) in [5, 5.41) is 3.04. The smallest absolute Gasteiger partial charge is 0.314 e. The Balaban J connectivity index is 1.63. The van der Waals surface area contributed by atoms with Crippen molar-refractivity contribution in [1.82, 2.24) is 25.3 Å². The van der Waals surface area contributed by atoms with Crippen molar-refractivity contribution < 1.29 is 4.79 Å². The number of hydrogen-bond acceptors (Lipinski definition) is 4. The quantitative estimate of drug-likeness (QED) is 0.377. The lowest BCUT2D eigenvalue weighted by Crippen LogP contribution is -2.30. The molecule has 0 aliphatic rings. The molecule has 8 heteroatoms. The summed E-state index contributed by atoms with van der Waals surface area (Å²) in [7, 11) is 0. The monoisotopic (exact) mass is 391 g/mol. The summed E-state index contributed by atoms with van der Waals surface area (Å²) in [4.78, 5) is 48.8. The SMILES string of the molecule is CCCCC(NC(=O)c1ccc2[nH]c(=O)c(=O)[nH]c2c1)c1nc2ccccc2[nH]1. The lowest BCUT2D eigenvalue weighted by molar-refractivity contribution is 0.0932. The van der Waals surface area contributed by atoms with Crippen molar-refractivity contribution in [2.24, 2.45) is 0 Å². The van der Waals surface area contributed by atoms with Crippen molar-refractivity contribution >= 4 is 28.0 Å². The number of fused-ring (bicyclic) bond motifs is 2. The molecule has 0 saturated heterocycles. The number of para-hydroxylation sites is 2. The largest absolute Gasteiger partial charge is 0.342 e. The summed E-state index contributed by atoms with van der Waals surface area (Å²) in [6.07, 6.45) is 2.69. The second kappa shape index (κ2) is 7.75. The van der Waals surface area contributed by atoms with Crippen molar-refractivity contribution in [1.29, 1.82) is 0 Å². The Hall–Kier alpha value is -3.68. The normalized spacial score (nSPS) is 12.3. The molecule has 1 amide bonds. The maximum absolute atomic E-state index is 12.9. The first-order valence-electron chi connectivity index (χ1n) is 9.57. The number of hydrogen-bond donors (Lipinski definition) is 4. The average Bonchev–Trinajstić information content (AvgIpc) is 3.15. The zero-order valence-corrected chi connectivity index (χ0v) is 15.9. The average molecular weight is 391 g/mol. The number of aromatic nitrogens is 4. The second-order valence-electron chi connectivity index (χ2n) is 6.98. The van der Waals surface area contributed by atoms with Crippen molar-refractivity contribution in [3.05, 3.63) is 74.6 Å². The van der Waals surface area contributed by atoms with Gasteiger partial charge in [-0.05, 0) is 36.8 Å². The van der Waals surface area contributed by atoms with E-state index in [0.29, 0.717) is 22.4 Å². The molecule has 0 saturated carbocycles. The maximum atomic E-state index is 12.9. The molecule has 4 N–H and O–H groups in total. The van der Waals surface area contributed by atoms with Crippen LogP contribution in [0.3, 0.4) is 0 Å². The summed E-state index contributed by atoms with van der Waals surface area (Å²) in [5.41, 5.74) is 1.55. The van der Waals surface area contributed by atoms with Gasteiger partial charge in [0.05, 0.1) is 28.1 Å². The van der Waals surface area contributed by atoms with Gasteiger partial charge in [-0.3, -0.25) is 14.4 Å². The Labute approximate surface area is 165 Å². The van der Waals surface area contributed by atoms with Crippen LogP contribution in [0.4, 0.5) is 0 Å². The predicted molar refractivity (Wildman–Crippen MR) is 111 cm³/mol. The van der Waals surface area contributed by atoms with Crippen LogP contribution in [0.25, 0.3) is 22.1 Å². The van der Waals surface area contributed by atoms with Crippen LogP contribution in [0.15, 0.2) is 52.1 Å². The number of nitrogens with zero attached hydrogens (tertiary/aromatic N) is 1. The highest BCUT2D eigenvalue weighted by Gasteiger charge is 2.19. The van der Waals surface area contributed by atoms with Gasteiger partial charge in [0.15, 0.2) is 0 Å². The van der Waals surface area contributed by atoms with E-state index in [1.807, 2.05) is 24.3 Å². The van der Waals surface area contributed by atoms with E-state index in [4.69, 9.17) is 0 Å². The molecule has 29 heavy (non-hydrogen) atoms. The number of carbonyl (C=O) groups excluding carboxylic acids is 1. The summed E-state index contributed by atoms with van der Waals surface area (Å²) >= 11 is 0. The van der Waals surface area contributed by atoms with Crippen LogP contribution in [0.1, 0.15) is 48.4 Å². The lowest BCUT2D eigenvalue weighted by atomic mass is 10.1. The summed E-state index contributed by atoms with van der Waals surface area (Å²) < 4.78 is 0. The third-order valence-electron chi connectivity index (χ3n) is 4.87. The van der Waals surface area contributed by atoms with E-state index >= 15 is 0 Å². The zero-order chi connectivity index (χ0) is 20.4. The Morgan fingerprint density at radius 1 is 1.00 bits per heavy atom. The fraction of sp³-hybridized carbons (Fsp3) is 0.238. The number of nitrogens with one attached hydrogen (secondary N) is 4. The first-order chi connectivity index (χ1) is 14.0. The molecule has 2 aromatic heterocycles. The van der Waals surface area contributed by atoms with Crippen molar-refractivity contribution in [2.45, 2.75) is 32.2 Å². The van der Waals surface area contributed by atoms with Gasteiger partial charge in [-0.15, -0.1) is 0 Å². The minimum absolute atomic E-state index is 0.264. The van der Waals surface area contributed by atoms with Gasteiger partial charge in [-0.2, -0.15) is 0 Å². The van der Waals surface area contributed by atoms with Crippen LogP contribution in [0.5, 0.6) is 0 Å². The summed E-state index contributed by atoms with van der Waals surface area (Å²) in [5.74, 6) is 0.437. The number of benzene rings is 2. The Bertz CT molecular complexity index is 1270. The van der Waals surface area contributed by atoms with Gasteiger partial charge in [-0.25, -0.2) is 4.98 Å². The molecule has 4 rings (SSSR count). The third-order valence-corrected chi connectivity index (χ3v) is 4.87. The van der Waals surface area contributed by atoms with Gasteiger partial charge >= 0.3 is 11.1 Å². The lowest BCUT2D eigenvalue weighted by Gasteiger charge is -2.16. The molecular formula is C21H21N5O3. The number of carbonyl (C=O) groups is 1. The zero-order valence-electron chi connectivity index (χ0n) is 15.9. The molecular weight excluding hydrogens is 370 g/mol. The molecule has 1 atom stereocenters. The van der Waals surface area contributed by atoms with Crippen LogP contribution in [0, 0.1) is 0 Å². The predicted octanol–water partition coefficient (Wildman–Crippen LogP) is 2.75. The van der Waals surface area contributed by atoms with Gasteiger partial charge in [0.25, 0.3) is 5.91 Å². The van der Waals surface area contributed by atoms with Crippen LogP contribution in [0.2, 0.25) is 0 Å². The minimum Gasteiger partial charge on any atom is -0.342 e. The standard InChI is InChI=1S/C21H21N5O3/c1-2-3-6-16(18-22-13-7-4-5-8-14(13)23-18)25-19(27)12-9-10-15-17(11-12)26-21(29)20(28)24-15/h4-5,7-11,16H,2-3,6H2,1H3,(H,22,23)(H,24,28)(H,25,27)(H,26,29). The van der Waals surface area contributed by atoms with Crippen LogP contribution in [-0.4, -0.2) is 25.8 Å². The molecule has 1 unspecified atom stereocenters. The van der Waals surface area contributed by atoms with Crippen molar-refractivity contribution in [3.8, 4) is 0 Å². The molecule has 2 aromatic carbocycles. The van der Waals surface area contributed by atoms with Gasteiger partial charge in [0, 0.05) is 5.56 Å². The highest BCUT2D eigenvalue weighted by Crippen LogP contribution is 2.21. The van der Waals surface area contributed by atoms with E-state index in [1.54, 1.807) is 18.2 Å². The highest BCUT2D eigenvalue weighted by atomic mass is 16.2. The molecule has 0 fully saturated rings. The highest BCUT2D eigenvalue weighted by molar-refractivity contribution is 5.97. The van der Waals surface area contributed by atoms with Gasteiger partial charge in [0.1, 0.15) is 5.82 Å². The molecule has 8 nitrogen and oxygen atoms in total. The fourth-order valence-electron chi connectivity index (χ4n) is 3.32. The maximum Gasteiger partial charge on any atom is 0.314 e. The van der Waals surface area contributed by atoms with E-state index in [1.165, 1.54) is 0 Å². The molecule has 0 bridgehead atoms. The minimum atomic E-state index is -0.752. The van der Waals surface area contributed by atoms with E-state index in [2.05, 4.69) is 32.2 Å². The number of rotatable bonds is 6. The first kappa shape index (κ1) is 18.7. The Kier molecular flexibility index (Phi) is 4.99. The molecule has 0 spiro atoms. The van der Waals surface area contributed by atoms with Crippen LogP contribution in [-0.2, 0) is 0 Å². The molecule has 0 aliphatic heterocycles. The van der Waals surface area contributed by atoms with Crippen molar-refractivity contribution in [2.75, 3.05) is 0 Å². The molecule has 0 aliphatic carbocycles. The van der Waals surface area contributed by atoms with E-state index < -0.39 is 11.1 Å². The fourth-order valence-corrected chi connectivity index (χ4v) is 3.32. The van der Waals surface area contributed by atoms with Crippen LogP contribution >= 0.6 is 0 Å². The number of imidazole rings is 1.